The van der Waals surface area contributed by atoms with E-state index in [1.165, 1.54) is 18.2 Å². The van der Waals surface area contributed by atoms with Gasteiger partial charge < -0.3 is 20.5 Å². The lowest BCUT2D eigenvalue weighted by molar-refractivity contribution is -0.139. The summed E-state index contributed by atoms with van der Waals surface area (Å²) in [5.74, 6) is -0.266. The third kappa shape index (κ3) is 6.35. The minimum Gasteiger partial charge on any atom is -0.488 e. The fourth-order valence-corrected chi connectivity index (χ4v) is 1.78. The Labute approximate surface area is 132 Å². The predicted molar refractivity (Wildman–Crippen MR) is 79.2 cm³/mol. The lowest BCUT2D eigenvalue weighted by atomic mass is 10.2. The number of carbonyl (C=O) groups is 1. The molecule has 0 aliphatic carbocycles. The Morgan fingerprint density at radius 3 is 2.57 bits per heavy atom. The highest BCUT2D eigenvalue weighted by molar-refractivity contribution is 5.74. The molecule has 8 heteroatoms. The van der Waals surface area contributed by atoms with Crippen molar-refractivity contribution in [1.82, 2.24) is 10.6 Å². The third-order valence-electron chi connectivity index (χ3n) is 3.08. The number of ether oxygens (including phenoxy) is 1. The average Bonchev–Trinajstić information content (AvgIpc) is 2.50. The van der Waals surface area contributed by atoms with E-state index < -0.39 is 29.9 Å². The summed E-state index contributed by atoms with van der Waals surface area (Å²) in [6, 6.07) is 4.02. The normalized spacial score (nSPS) is 14.0. The summed E-state index contributed by atoms with van der Waals surface area (Å²) in [7, 11) is 0. The van der Waals surface area contributed by atoms with Crippen molar-refractivity contribution in [3.63, 3.8) is 0 Å². The van der Waals surface area contributed by atoms with Gasteiger partial charge in [0.25, 0.3) is 0 Å². The molecular weight excluding hydrogens is 313 g/mol. The monoisotopic (exact) mass is 334 g/mol. The highest BCUT2D eigenvalue weighted by Gasteiger charge is 2.34. The molecule has 0 fully saturated rings. The number of hydrogen-bond acceptors (Lipinski definition) is 3. The molecule has 3 N–H and O–H groups in total. The number of halogens is 3. The van der Waals surface area contributed by atoms with Crippen LogP contribution in [0.1, 0.15) is 25.8 Å². The fourth-order valence-electron chi connectivity index (χ4n) is 1.78. The SMILES string of the molecule is CCC(CNC(=O)NC(C)CO)Oc1ccccc1C(F)(F)F. The van der Waals surface area contributed by atoms with Gasteiger partial charge in [-0.25, -0.2) is 4.79 Å². The molecule has 0 radical (unpaired) electrons. The Bertz CT molecular complexity index is 509. The van der Waals surface area contributed by atoms with Crippen molar-refractivity contribution in [3.8, 4) is 5.75 Å². The van der Waals surface area contributed by atoms with Crippen LogP contribution in [0.3, 0.4) is 0 Å². The zero-order valence-electron chi connectivity index (χ0n) is 13.0. The van der Waals surface area contributed by atoms with Crippen LogP contribution < -0.4 is 15.4 Å². The molecule has 0 bridgehead atoms. The molecular formula is C15H21F3N2O3. The number of hydrogen-bond donors (Lipinski definition) is 3. The van der Waals surface area contributed by atoms with Crippen LogP contribution >= 0.6 is 0 Å². The first kappa shape index (κ1) is 19.1. The van der Waals surface area contributed by atoms with Crippen molar-refractivity contribution in [2.24, 2.45) is 0 Å². The highest BCUT2D eigenvalue weighted by atomic mass is 19.4. The molecule has 5 nitrogen and oxygen atoms in total. The van der Waals surface area contributed by atoms with Crippen molar-refractivity contribution < 1.29 is 27.8 Å². The summed E-state index contributed by atoms with van der Waals surface area (Å²) >= 11 is 0. The molecule has 1 aromatic carbocycles. The van der Waals surface area contributed by atoms with Crippen LogP contribution in [0.4, 0.5) is 18.0 Å². The van der Waals surface area contributed by atoms with E-state index >= 15 is 0 Å². The fraction of sp³-hybridized carbons (Fsp3) is 0.533. The second-order valence-electron chi connectivity index (χ2n) is 5.08. The molecule has 1 aromatic rings. The first-order valence-electron chi connectivity index (χ1n) is 7.26. The second kappa shape index (κ2) is 8.61. The highest BCUT2D eigenvalue weighted by Crippen LogP contribution is 2.36. The molecule has 2 atom stereocenters. The lowest BCUT2D eigenvalue weighted by Gasteiger charge is -2.21. The largest absolute Gasteiger partial charge is 0.488 e. The van der Waals surface area contributed by atoms with Gasteiger partial charge in [0, 0.05) is 0 Å². The van der Waals surface area contributed by atoms with Gasteiger partial charge in [-0.15, -0.1) is 0 Å². The number of para-hydroxylation sites is 1. The van der Waals surface area contributed by atoms with E-state index in [-0.39, 0.29) is 18.9 Å². The summed E-state index contributed by atoms with van der Waals surface area (Å²) in [6.07, 6.45) is -4.69. The van der Waals surface area contributed by atoms with Gasteiger partial charge >= 0.3 is 12.2 Å². The Morgan fingerprint density at radius 1 is 1.35 bits per heavy atom. The maximum absolute atomic E-state index is 12.9. The van der Waals surface area contributed by atoms with Crippen molar-refractivity contribution in [2.75, 3.05) is 13.2 Å². The molecule has 0 spiro atoms. The zero-order chi connectivity index (χ0) is 17.5. The topological polar surface area (TPSA) is 70.6 Å². The number of amides is 2. The third-order valence-corrected chi connectivity index (χ3v) is 3.08. The van der Waals surface area contributed by atoms with Crippen LogP contribution in [0.25, 0.3) is 0 Å². The number of benzene rings is 1. The zero-order valence-corrected chi connectivity index (χ0v) is 13.0. The van der Waals surface area contributed by atoms with Gasteiger partial charge in [-0.2, -0.15) is 13.2 Å². The molecule has 0 aliphatic heterocycles. The minimum absolute atomic E-state index is 0.0483. The van der Waals surface area contributed by atoms with E-state index in [0.29, 0.717) is 6.42 Å². The van der Waals surface area contributed by atoms with Gasteiger partial charge in [0.05, 0.1) is 24.8 Å². The molecule has 0 aliphatic rings. The van der Waals surface area contributed by atoms with Gasteiger partial charge in [0.15, 0.2) is 0 Å². The molecule has 0 saturated carbocycles. The molecule has 0 heterocycles. The number of carbonyl (C=O) groups excluding carboxylic acids is 1. The van der Waals surface area contributed by atoms with Gasteiger partial charge in [-0.1, -0.05) is 19.1 Å². The predicted octanol–water partition coefficient (Wildman–Crippen LogP) is 2.54. The number of nitrogens with one attached hydrogen (secondary N) is 2. The smallest absolute Gasteiger partial charge is 0.419 e. The van der Waals surface area contributed by atoms with Crippen LogP contribution in [0, 0.1) is 0 Å². The number of urea groups is 1. The summed E-state index contributed by atoms with van der Waals surface area (Å²) in [5, 5.41) is 13.8. The first-order valence-corrected chi connectivity index (χ1v) is 7.26. The van der Waals surface area contributed by atoms with Crippen LogP contribution in [-0.4, -0.2) is 36.4 Å². The van der Waals surface area contributed by atoms with Gasteiger partial charge in [0.1, 0.15) is 11.9 Å². The molecule has 2 unspecified atom stereocenters. The van der Waals surface area contributed by atoms with Crippen molar-refractivity contribution in [1.29, 1.82) is 0 Å². The molecule has 130 valence electrons. The van der Waals surface area contributed by atoms with Gasteiger partial charge in [-0.3, -0.25) is 0 Å². The summed E-state index contributed by atoms with van der Waals surface area (Å²) in [4.78, 5) is 11.5. The Morgan fingerprint density at radius 2 is 2.00 bits per heavy atom. The van der Waals surface area contributed by atoms with Crippen LogP contribution in [0.5, 0.6) is 5.75 Å². The molecule has 0 aromatic heterocycles. The minimum atomic E-state index is -4.50. The summed E-state index contributed by atoms with van der Waals surface area (Å²) in [5.41, 5.74) is -0.850. The molecule has 23 heavy (non-hydrogen) atoms. The first-order chi connectivity index (χ1) is 10.8. The van der Waals surface area contributed by atoms with E-state index in [9.17, 15) is 18.0 Å². The van der Waals surface area contributed by atoms with Crippen molar-refractivity contribution in [2.45, 2.75) is 38.6 Å². The Balaban J connectivity index is 2.66. The quantitative estimate of drug-likeness (QED) is 0.718. The molecule has 0 saturated heterocycles. The number of alkyl halides is 3. The lowest BCUT2D eigenvalue weighted by Crippen LogP contribution is -2.45. The van der Waals surface area contributed by atoms with E-state index in [0.717, 1.165) is 6.07 Å². The van der Waals surface area contributed by atoms with Gasteiger partial charge in [0.2, 0.25) is 0 Å². The van der Waals surface area contributed by atoms with E-state index in [2.05, 4.69) is 10.6 Å². The number of rotatable bonds is 7. The van der Waals surface area contributed by atoms with E-state index in [1.807, 2.05) is 0 Å². The van der Waals surface area contributed by atoms with Crippen LogP contribution in [0.15, 0.2) is 24.3 Å². The Kier molecular flexibility index (Phi) is 7.15. The summed E-state index contributed by atoms with van der Waals surface area (Å²) < 4.78 is 44.1. The maximum Gasteiger partial charge on any atom is 0.419 e. The number of aliphatic hydroxyl groups excluding tert-OH is 1. The van der Waals surface area contributed by atoms with Crippen LogP contribution in [-0.2, 0) is 6.18 Å². The van der Waals surface area contributed by atoms with Crippen LogP contribution in [0.2, 0.25) is 0 Å². The van der Waals surface area contributed by atoms with Gasteiger partial charge in [-0.05, 0) is 25.5 Å². The van der Waals surface area contributed by atoms with Crippen molar-refractivity contribution >= 4 is 6.03 Å². The molecule has 2 amide bonds. The van der Waals surface area contributed by atoms with E-state index in [1.54, 1.807) is 13.8 Å². The summed E-state index contributed by atoms with van der Waals surface area (Å²) in [6.45, 7) is 3.20. The maximum atomic E-state index is 12.9. The standard InChI is InChI=1S/C15H21F3N2O3/c1-3-11(8-19-14(22)20-10(2)9-21)23-13-7-5-4-6-12(13)15(16,17)18/h4-7,10-11,21H,3,8-9H2,1-2H3,(H2,19,20,22). The van der Waals surface area contributed by atoms with Crippen molar-refractivity contribution in [3.05, 3.63) is 29.8 Å². The Hall–Kier alpha value is -1.96. The second-order valence-corrected chi connectivity index (χ2v) is 5.08. The molecule has 1 rings (SSSR count). The number of aliphatic hydroxyl groups is 1. The van der Waals surface area contributed by atoms with E-state index in [4.69, 9.17) is 9.84 Å². The average molecular weight is 334 g/mol.